The number of nitrogens with one attached hydrogen (secondary N) is 3. The van der Waals surface area contributed by atoms with Crippen molar-refractivity contribution in [3.8, 4) is 0 Å². The van der Waals surface area contributed by atoms with Crippen LogP contribution in [0.1, 0.15) is 12.8 Å². The topological polar surface area (TPSA) is 125 Å². The lowest BCUT2D eigenvalue weighted by molar-refractivity contribution is -0.131. The van der Waals surface area contributed by atoms with Crippen LogP contribution in [0.2, 0.25) is 10.0 Å². The number of hydrogen-bond acceptors (Lipinski definition) is 4. The highest BCUT2D eigenvalue weighted by molar-refractivity contribution is 6.36. The van der Waals surface area contributed by atoms with Gasteiger partial charge in [-0.25, -0.2) is 4.79 Å². The monoisotopic (exact) mass is 373 g/mol. The van der Waals surface area contributed by atoms with Crippen molar-refractivity contribution in [3.05, 3.63) is 40.4 Å². The normalized spacial score (nSPS) is 10.2. The van der Waals surface area contributed by atoms with Crippen LogP contribution in [-0.2, 0) is 19.2 Å². The summed E-state index contributed by atoms with van der Waals surface area (Å²) >= 11 is 11.6. The number of halogens is 2. The number of hydrazine groups is 1. The molecule has 1 aromatic carbocycles. The fraction of sp³-hybridized carbons (Fsp3) is 0.143. The number of rotatable bonds is 6. The minimum atomic E-state index is -1.30. The largest absolute Gasteiger partial charge is 0.478 e. The Morgan fingerprint density at radius 3 is 2.29 bits per heavy atom. The van der Waals surface area contributed by atoms with Crippen LogP contribution in [0.3, 0.4) is 0 Å². The first-order valence-electron chi connectivity index (χ1n) is 6.52. The van der Waals surface area contributed by atoms with Crippen molar-refractivity contribution in [3.63, 3.8) is 0 Å². The van der Waals surface area contributed by atoms with Crippen LogP contribution in [0.25, 0.3) is 0 Å². The van der Waals surface area contributed by atoms with Gasteiger partial charge in [0.2, 0.25) is 11.8 Å². The molecule has 0 aliphatic carbocycles. The van der Waals surface area contributed by atoms with Gasteiger partial charge in [-0.1, -0.05) is 23.2 Å². The van der Waals surface area contributed by atoms with Gasteiger partial charge in [-0.15, -0.1) is 0 Å². The lowest BCUT2D eigenvalue weighted by Gasteiger charge is -2.08. The van der Waals surface area contributed by atoms with E-state index in [2.05, 4.69) is 5.32 Å². The summed E-state index contributed by atoms with van der Waals surface area (Å²) in [6.07, 6.45) is 1.01. The summed E-state index contributed by atoms with van der Waals surface area (Å²) in [5, 5.41) is 11.5. The van der Waals surface area contributed by atoms with Gasteiger partial charge >= 0.3 is 5.97 Å². The van der Waals surface area contributed by atoms with E-state index >= 15 is 0 Å². The van der Waals surface area contributed by atoms with Crippen LogP contribution >= 0.6 is 23.2 Å². The number of carboxylic acids is 1. The molecule has 1 aromatic rings. The lowest BCUT2D eigenvalue weighted by Crippen LogP contribution is -2.41. The predicted octanol–water partition coefficient (Wildman–Crippen LogP) is 1.50. The van der Waals surface area contributed by atoms with Gasteiger partial charge in [-0.2, -0.15) is 0 Å². The molecule has 0 saturated carbocycles. The minimum absolute atomic E-state index is 0.147. The fourth-order valence-electron chi connectivity index (χ4n) is 1.41. The number of hydrogen-bond donors (Lipinski definition) is 4. The second kappa shape index (κ2) is 9.53. The molecule has 0 aliphatic heterocycles. The number of benzene rings is 1. The second-order valence-corrected chi connectivity index (χ2v) is 5.22. The average molecular weight is 374 g/mol. The predicted molar refractivity (Wildman–Crippen MR) is 87.4 cm³/mol. The van der Waals surface area contributed by atoms with Gasteiger partial charge in [0.25, 0.3) is 5.91 Å². The molecule has 0 unspecified atom stereocenters. The highest BCUT2D eigenvalue weighted by Crippen LogP contribution is 2.25. The van der Waals surface area contributed by atoms with E-state index in [4.69, 9.17) is 28.3 Å². The zero-order valence-corrected chi connectivity index (χ0v) is 13.6. The van der Waals surface area contributed by atoms with Gasteiger partial charge in [0.05, 0.1) is 10.7 Å². The molecule has 0 radical (unpaired) electrons. The summed E-state index contributed by atoms with van der Waals surface area (Å²) in [5.74, 6) is -3.19. The summed E-state index contributed by atoms with van der Waals surface area (Å²) < 4.78 is 0. The molecule has 128 valence electrons. The number of aliphatic carboxylic acids is 1. The second-order valence-electron chi connectivity index (χ2n) is 4.38. The molecule has 8 nitrogen and oxygen atoms in total. The van der Waals surface area contributed by atoms with Crippen molar-refractivity contribution >= 4 is 52.6 Å². The number of carboxylic acid groups (broad SMARTS) is 1. The van der Waals surface area contributed by atoms with Crippen LogP contribution in [0, 0.1) is 0 Å². The molecule has 0 atom stereocenters. The van der Waals surface area contributed by atoms with E-state index in [1.54, 1.807) is 6.07 Å². The van der Waals surface area contributed by atoms with Crippen LogP contribution < -0.4 is 16.2 Å². The Hall–Kier alpha value is -2.58. The molecule has 0 bridgehead atoms. The van der Waals surface area contributed by atoms with Crippen LogP contribution in [0.15, 0.2) is 30.4 Å². The lowest BCUT2D eigenvalue weighted by atomic mass is 10.2. The highest BCUT2D eigenvalue weighted by Gasteiger charge is 2.10. The number of anilines is 1. The van der Waals surface area contributed by atoms with Crippen molar-refractivity contribution in [2.75, 3.05) is 5.32 Å². The third kappa shape index (κ3) is 7.61. The van der Waals surface area contributed by atoms with Crippen molar-refractivity contribution in [1.82, 2.24) is 10.9 Å². The molecule has 0 fully saturated rings. The molecule has 0 aromatic heterocycles. The standard InChI is InChI=1S/C14H13Cl2N3O5/c15-8-1-2-10(9(16)7-8)17-11(20)3-4-12(21)18-19-13(22)5-6-14(23)24/h1-2,5-7H,3-4H2,(H,17,20)(H,18,21)(H,19,22)(H,23,24)/b6-5+. The summed E-state index contributed by atoms with van der Waals surface area (Å²) in [7, 11) is 0. The van der Waals surface area contributed by atoms with E-state index in [0.717, 1.165) is 6.08 Å². The molecule has 1 rings (SSSR count). The number of amides is 3. The molecular formula is C14H13Cl2N3O5. The first kappa shape index (κ1) is 19.5. The molecule has 0 saturated heterocycles. The van der Waals surface area contributed by atoms with E-state index in [9.17, 15) is 19.2 Å². The summed E-state index contributed by atoms with van der Waals surface area (Å²) in [5.41, 5.74) is 4.37. The van der Waals surface area contributed by atoms with E-state index < -0.39 is 23.7 Å². The van der Waals surface area contributed by atoms with Gasteiger partial charge < -0.3 is 10.4 Å². The number of carbonyl (C=O) groups excluding carboxylic acids is 3. The van der Waals surface area contributed by atoms with E-state index in [1.807, 2.05) is 10.9 Å². The quantitative estimate of drug-likeness (QED) is 0.444. The van der Waals surface area contributed by atoms with Crippen molar-refractivity contribution in [2.24, 2.45) is 0 Å². The molecule has 10 heteroatoms. The first-order valence-corrected chi connectivity index (χ1v) is 7.28. The first-order chi connectivity index (χ1) is 11.3. The van der Waals surface area contributed by atoms with Crippen LogP contribution in [-0.4, -0.2) is 28.8 Å². The highest BCUT2D eigenvalue weighted by atomic mass is 35.5. The summed E-state index contributed by atoms with van der Waals surface area (Å²) in [4.78, 5) is 44.5. The summed E-state index contributed by atoms with van der Waals surface area (Å²) in [6, 6.07) is 4.54. The van der Waals surface area contributed by atoms with Gasteiger partial charge in [0.1, 0.15) is 0 Å². The Bertz CT molecular complexity index is 691. The fourth-order valence-corrected chi connectivity index (χ4v) is 1.87. The molecular weight excluding hydrogens is 361 g/mol. The molecule has 24 heavy (non-hydrogen) atoms. The van der Waals surface area contributed by atoms with E-state index in [0.29, 0.717) is 16.8 Å². The molecule has 0 spiro atoms. The maximum Gasteiger partial charge on any atom is 0.328 e. The molecule has 0 aliphatic rings. The van der Waals surface area contributed by atoms with E-state index in [1.165, 1.54) is 12.1 Å². The SMILES string of the molecule is O=C(O)/C=C/C(=O)NNC(=O)CCC(=O)Nc1ccc(Cl)cc1Cl. The Morgan fingerprint density at radius 2 is 1.67 bits per heavy atom. The van der Waals surface area contributed by atoms with Gasteiger partial charge in [-0.3, -0.25) is 25.2 Å². The average Bonchev–Trinajstić information content (AvgIpc) is 2.51. The zero-order valence-electron chi connectivity index (χ0n) is 12.1. The summed E-state index contributed by atoms with van der Waals surface area (Å²) in [6.45, 7) is 0. The Balaban J connectivity index is 2.34. The Labute approximate surface area is 146 Å². The molecule has 0 heterocycles. The van der Waals surface area contributed by atoms with Gasteiger partial charge in [0, 0.05) is 30.0 Å². The van der Waals surface area contributed by atoms with E-state index in [-0.39, 0.29) is 17.9 Å². The minimum Gasteiger partial charge on any atom is -0.478 e. The third-order valence-corrected chi connectivity index (χ3v) is 3.03. The Kier molecular flexibility index (Phi) is 7.73. The Morgan fingerprint density at radius 1 is 1.00 bits per heavy atom. The van der Waals surface area contributed by atoms with Crippen LogP contribution in [0.5, 0.6) is 0 Å². The van der Waals surface area contributed by atoms with Gasteiger partial charge in [0.15, 0.2) is 0 Å². The maximum atomic E-state index is 11.7. The molecule has 4 N–H and O–H groups in total. The molecule has 3 amide bonds. The number of carbonyl (C=O) groups is 4. The van der Waals surface area contributed by atoms with Crippen molar-refractivity contribution in [1.29, 1.82) is 0 Å². The maximum absolute atomic E-state index is 11.7. The smallest absolute Gasteiger partial charge is 0.328 e. The zero-order chi connectivity index (χ0) is 18.1. The van der Waals surface area contributed by atoms with Crippen molar-refractivity contribution in [2.45, 2.75) is 12.8 Å². The van der Waals surface area contributed by atoms with Crippen molar-refractivity contribution < 1.29 is 24.3 Å². The van der Waals surface area contributed by atoms with Gasteiger partial charge in [-0.05, 0) is 18.2 Å². The third-order valence-electron chi connectivity index (χ3n) is 2.49. The van der Waals surface area contributed by atoms with Crippen LogP contribution in [0.4, 0.5) is 5.69 Å².